The Hall–Kier alpha value is -2.37. The summed E-state index contributed by atoms with van der Waals surface area (Å²) in [6.45, 7) is 2.10. The van der Waals surface area contributed by atoms with E-state index in [1.165, 1.54) is 12.1 Å². The van der Waals surface area contributed by atoms with E-state index in [0.717, 1.165) is 49.5 Å². The van der Waals surface area contributed by atoms with Gasteiger partial charge in [-0.15, -0.1) is 0 Å². The first-order valence-electron chi connectivity index (χ1n) is 10.9. The fraction of sp³-hybridized carbons (Fsp3) is 0.400. The van der Waals surface area contributed by atoms with Crippen molar-refractivity contribution in [3.8, 4) is 5.75 Å². The van der Waals surface area contributed by atoms with Crippen molar-refractivity contribution < 1.29 is 9.13 Å². The Morgan fingerprint density at radius 1 is 1.23 bits per heavy atom. The monoisotopic (exact) mass is 442 g/mol. The van der Waals surface area contributed by atoms with Gasteiger partial charge < -0.3 is 15.5 Å². The molecule has 0 bridgehead atoms. The summed E-state index contributed by atoms with van der Waals surface area (Å²) in [6, 6.07) is 12.3. The van der Waals surface area contributed by atoms with Crippen molar-refractivity contribution >= 4 is 22.4 Å². The number of ether oxygens (including phenoxy) is 1. The Labute approximate surface area is 186 Å². The van der Waals surface area contributed by atoms with Gasteiger partial charge in [0.25, 0.3) is 5.56 Å². The molecule has 1 unspecified atom stereocenters. The Balaban J connectivity index is 1.53. The van der Waals surface area contributed by atoms with Crippen LogP contribution in [0, 0.1) is 5.82 Å². The van der Waals surface area contributed by atoms with Gasteiger partial charge in [0.15, 0.2) is 0 Å². The molecule has 164 valence electrons. The van der Waals surface area contributed by atoms with Gasteiger partial charge >= 0.3 is 0 Å². The van der Waals surface area contributed by atoms with Gasteiger partial charge in [0, 0.05) is 17.6 Å². The fourth-order valence-electron chi connectivity index (χ4n) is 4.78. The average molecular weight is 443 g/mol. The highest BCUT2D eigenvalue weighted by molar-refractivity contribution is 6.32. The third-order valence-electron chi connectivity index (χ3n) is 6.64. The maximum absolute atomic E-state index is 13.5. The summed E-state index contributed by atoms with van der Waals surface area (Å²) in [6.07, 6.45) is 7.00. The largest absolute Gasteiger partial charge is 0.489 e. The van der Waals surface area contributed by atoms with Crippen LogP contribution >= 0.6 is 11.6 Å². The second-order valence-corrected chi connectivity index (χ2v) is 9.06. The van der Waals surface area contributed by atoms with Crippen LogP contribution in [0.5, 0.6) is 5.75 Å². The van der Waals surface area contributed by atoms with Crippen LogP contribution in [0.3, 0.4) is 0 Å². The van der Waals surface area contributed by atoms with E-state index in [1.54, 1.807) is 12.3 Å². The van der Waals surface area contributed by atoms with Crippen molar-refractivity contribution in [3.05, 3.63) is 75.4 Å². The zero-order valence-corrected chi connectivity index (χ0v) is 18.4. The quantitative estimate of drug-likeness (QED) is 0.514. The molecule has 1 aliphatic rings. The number of H-pyrrole nitrogens is 1. The molecule has 1 fully saturated rings. The molecule has 1 aliphatic carbocycles. The molecule has 4 nitrogen and oxygen atoms in total. The van der Waals surface area contributed by atoms with Gasteiger partial charge in [0.2, 0.25) is 0 Å². The number of rotatable bonds is 6. The topological polar surface area (TPSA) is 68.1 Å². The number of nitrogens with one attached hydrogen (secondary N) is 1. The number of halogens is 2. The highest BCUT2D eigenvalue weighted by atomic mass is 35.5. The molecule has 1 aromatic heterocycles. The summed E-state index contributed by atoms with van der Waals surface area (Å²) >= 11 is 6.42. The second kappa shape index (κ2) is 9.01. The summed E-state index contributed by atoms with van der Waals surface area (Å²) in [4.78, 5) is 14.6. The summed E-state index contributed by atoms with van der Waals surface area (Å²) in [5.74, 6) is 0.379. The van der Waals surface area contributed by atoms with E-state index < -0.39 is 0 Å². The molecule has 2 aromatic carbocycles. The standard InChI is InChI=1S/C25H28ClFN2O2/c1-2-19(28)15-25(17-3-5-18(27)6-4-17)10-7-20(8-11-25)31-23-13-16-9-12-29-24(30)21(16)14-22(23)26/h3-6,9,12-14,19-20H,2,7-8,10-11,15,28H2,1H3,(H,29,30)/t19?,20-,25+. The second-order valence-electron chi connectivity index (χ2n) is 8.65. The number of hydrogen-bond acceptors (Lipinski definition) is 3. The minimum Gasteiger partial charge on any atom is -0.489 e. The molecule has 0 spiro atoms. The number of aromatic amines is 1. The molecule has 4 rings (SSSR count). The van der Waals surface area contributed by atoms with Gasteiger partial charge in [-0.3, -0.25) is 4.79 Å². The third kappa shape index (κ3) is 4.63. The molecule has 6 heteroatoms. The van der Waals surface area contributed by atoms with Crippen LogP contribution in [-0.2, 0) is 5.41 Å². The molecule has 0 amide bonds. The minimum atomic E-state index is -0.222. The summed E-state index contributed by atoms with van der Waals surface area (Å²) in [5.41, 5.74) is 7.27. The Morgan fingerprint density at radius 3 is 2.61 bits per heavy atom. The number of nitrogens with two attached hydrogens (primary N) is 1. The molecular weight excluding hydrogens is 415 g/mol. The van der Waals surface area contributed by atoms with Crippen LogP contribution in [-0.4, -0.2) is 17.1 Å². The highest BCUT2D eigenvalue weighted by Crippen LogP contribution is 2.44. The van der Waals surface area contributed by atoms with Gasteiger partial charge in [-0.05, 0) is 85.2 Å². The molecular formula is C25H28ClFN2O2. The van der Waals surface area contributed by atoms with E-state index in [-0.39, 0.29) is 28.9 Å². The van der Waals surface area contributed by atoms with Crippen LogP contribution in [0.4, 0.5) is 4.39 Å². The molecule has 0 aliphatic heterocycles. The first kappa shape index (κ1) is 21.8. The maximum Gasteiger partial charge on any atom is 0.255 e. The normalized spacial score (nSPS) is 22.4. The number of pyridine rings is 1. The summed E-state index contributed by atoms with van der Waals surface area (Å²) < 4.78 is 19.8. The number of benzene rings is 2. The number of aromatic nitrogens is 1. The highest BCUT2D eigenvalue weighted by Gasteiger charge is 2.38. The van der Waals surface area contributed by atoms with Crippen LogP contribution < -0.4 is 16.0 Å². The molecule has 0 saturated heterocycles. The molecule has 3 N–H and O–H groups in total. The van der Waals surface area contributed by atoms with Crippen molar-refractivity contribution in [2.75, 3.05) is 0 Å². The van der Waals surface area contributed by atoms with E-state index >= 15 is 0 Å². The van der Waals surface area contributed by atoms with E-state index in [0.29, 0.717) is 16.2 Å². The lowest BCUT2D eigenvalue weighted by Gasteiger charge is -2.42. The summed E-state index contributed by atoms with van der Waals surface area (Å²) in [7, 11) is 0. The number of fused-ring (bicyclic) bond motifs is 1. The van der Waals surface area contributed by atoms with Gasteiger partial charge in [0.05, 0.1) is 11.1 Å². The SMILES string of the molecule is CCC(N)C[C@]1(c2ccc(F)cc2)CC[C@@H](Oc2cc3cc[nH]c(=O)c3cc2Cl)CC1. The van der Waals surface area contributed by atoms with Gasteiger partial charge in [-0.25, -0.2) is 4.39 Å². The van der Waals surface area contributed by atoms with Gasteiger partial charge in [-0.1, -0.05) is 30.7 Å². The first-order valence-corrected chi connectivity index (χ1v) is 11.3. The molecule has 1 saturated carbocycles. The Bertz CT molecular complexity index is 1100. The number of hydrogen-bond donors (Lipinski definition) is 2. The van der Waals surface area contributed by atoms with Gasteiger partial charge in [-0.2, -0.15) is 0 Å². The van der Waals surface area contributed by atoms with Crippen molar-refractivity contribution in [1.29, 1.82) is 0 Å². The fourth-order valence-corrected chi connectivity index (χ4v) is 4.99. The van der Waals surface area contributed by atoms with Crippen LogP contribution in [0.2, 0.25) is 5.02 Å². The molecule has 3 aromatic rings. The molecule has 0 radical (unpaired) electrons. The maximum atomic E-state index is 13.5. The van der Waals surface area contributed by atoms with E-state index in [4.69, 9.17) is 22.1 Å². The first-order chi connectivity index (χ1) is 14.9. The Kier molecular flexibility index (Phi) is 6.35. The molecule has 31 heavy (non-hydrogen) atoms. The van der Waals surface area contributed by atoms with Gasteiger partial charge in [0.1, 0.15) is 11.6 Å². The van der Waals surface area contributed by atoms with Crippen molar-refractivity contribution in [1.82, 2.24) is 4.98 Å². The summed E-state index contributed by atoms with van der Waals surface area (Å²) in [5, 5.41) is 1.79. The van der Waals surface area contributed by atoms with Crippen molar-refractivity contribution in [3.63, 3.8) is 0 Å². The lowest BCUT2D eigenvalue weighted by atomic mass is 9.65. The van der Waals surface area contributed by atoms with E-state index in [2.05, 4.69) is 11.9 Å². The van der Waals surface area contributed by atoms with Crippen molar-refractivity contribution in [2.45, 2.75) is 63.0 Å². The predicted octanol–water partition coefficient (Wildman–Crippen LogP) is 5.71. The zero-order valence-electron chi connectivity index (χ0n) is 17.7. The lowest BCUT2D eigenvalue weighted by Crippen LogP contribution is -2.40. The molecule has 1 heterocycles. The smallest absolute Gasteiger partial charge is 0.255 e. The predicted molar refractivity (Wildman–Crippen MR) is 123 cm³/mol. The third-order valence-corrected chi connectivity index (χ3v) is 6.94. The Morgan fingerprint density at radius 2 is 1.94 bits per heavy atom. The molecule has 1 atom stereocenters. The average Bonchev–Trinajstić information content (AvgIpc) is 2.77. The minimum absolute atomic E-state index is 0.0309. The van der Waals surface area contributed by atoms with Crippen LogP contribution in [0.15, 0.2) is 53.5 Å². The zero-order chi connectivity index (χ0) is 22.0. The van der Waals surface area contributed by atoms with Crippen LogP contribution in [0.25, 0.3) is 10.8 Å². The lowest BCUT2D eigenvalue weighted by molar-refractivity contribution is 0.109. The van der Waals surface area contributed by atoms with E-state index in [1.807, 2.05) is 24.3 Å². The van der Waals surface area contributed by atoms with Crippen molar-refractivity contribution in [2.24, 2.45) is 5.73 Å². The van der Waals surface area contributed by atoms with Crippen LogP contribution in [0.1, 0.15) is 51.0 Å². The van der Waals surface area contributed by atoms with E-state index in [9.17, 15) is 9.18 Å².